The van der Waals surface area contributed by atoms with E-state index in [1.807, 2.05) is 0 Å². The van der Waals surface area contributed by atoms with Gasteiger partial charge in [0.15, 0.2) is 0 Å². The highest BCUT2D eigenvalue weighted by Gasteiger charge is 2.24. The summed E-state index contributed by atoms with van der Waals surface area (Å²) in [7, 11) is 3.03. The molecule has 0 unspecified atom stereocenters. The van der Waals surface area contributed by atoms with Crippen LogP contribution in [0.3, 0.4) is 0 Å². The third-order valence-corrected chi connectivity index (χ3v) is 3.61. The first-order valence-electron chi connectivity index (χ1n) is 7.78. The number of nitro groups is 1. The summed E-state index contributed by atoms with van der Waals surface area (Å²) in [4.78, 5) is 23.0. The molecule has 27 heavy (non-hydrogen) atoms. The number of aromatic nitrogens is 3. The van der Waals surface area contributed by atoms with Gasteiger partial charge in [0.2, 0.25) is 11.6 Å². The molecule has 0 amide bonds. The maximum absolute atomic E-state index is 11.7. The maximum Gasteiger partial charge on any atom is 0.353 e. The zero-order valence-corrected chi connectivity index (χ0v) is 14.5. The van der Waals surface area contributed by atoms with Gasteiger partial charge in [0.25, 0.3) is 0 Å². The van der Waals surface area contributed by atoms with E-state index in [4.69, 9.17) is 9.47 Å². The molecule has 0 fully saturated rings. The molecule has 10 heteroatoms. The van der Waals surface area contributed by atoms with Crippen LogP contribution < -0.4 is 20.1 Å². The van der Waals surface area contributed by atoms with Crippen LogP contribution in [0.15, 0.2) is 49.1 Å². The number of nitrogens with zero attached hydrogens (tertiary/aromatic N) is 4. The summed E-state index contributed by atoms with van der Waals surface area (Å²) in [6.07, 6.45) is 4.36. The van der Waals surface area contributed by atoms with Crippen LogP contribution in [0.5, 0.6) is 11.5 Å². The first-order chi connectivity index (χ1) is 13.1. The van der Waals surface area contributed by atoms with E-state index in [-0.39, 0.29) is 17.3 Å². The molecule has 2 N–H and O–H groups in total. The van der Waals surface area contributed by atoms with Gasteiger partial charge < -0.3 is 20.1 Å². The van der Waals surface area contributed by atoms with Crippen molar-refractivity contribution in [2.45, 2.75) is 0 Å². The first kappa shape index (κ1) is 17.9. The van der Waals surface area contributed by atoms with Crippen molar-refractivity contribution in [3.8, 4) is 11.5 Å². The largest absolute Gasteiger partial charge is 0.497 e. The summed E-state index contributed by atoms with van der Waals surface area (Å²) < 4.78 is 10.5. The van der Waals surface area contributed by atoms with Crippen LogP contribution in [0.25, 0.3) is 0 Å². The first-order valence-corrected chi connectivity index (χ1v) is 7.78. The lowest BCUT2D eigenvalue weighted by Gasteiger charge is -2.13. The van der Waals surface area contributed by atoms with Crippen molar-refractivity contribution in [3.63, 3.8) is 0 Å². The van der Waals surface area contributed by atoms with E-state index in [1.54, 1.807) is 42.7 Å². The number of nitrogens with one attached hydrogen (secondary N) is 2. The van der Waals surface area contributed by atoms with Crippen LogP contribution in [0.1, 0.15) is 0 Å². The van der Waals surface area contributed by atoms with E-state index in [0.717, 1.165) is 0 Å². The monoisotopic (exact) mass is 368 g/mol. The second kappa shape index (κ2) is 7.95. The molecule has 3 aromatic rings. The minimum absolute atomic E-state index is 0.0232. The van der Waals surface area contributed by atoms with Crippen molar-refractivity contribution < 1.29 is 14.4 Å². The summed E-state index contributed by atoms with van der Waals surface area (Å²) in [5.41, 5.74) is 0.807. The topological polar surface area (TPSA) is 124 Å². The minimum Gasteiger partial charge on any atom is -0.497 e. The molecule has 3 rings (SSSR count). The molecular formula is C17H16N6O4. The molecule has 0 aliphatic rings. The lowest BCUT2D eigenvalue weighted by Crippen LogP contribution is -2.06. The smallest absolute Gasteiger partial charge is 0.353 e. The second-order valence-electron chi connectivity index (χ2n) is 5.23. The maximum atomic E-state index is 11.7. The molecule has 0 bridgehead atoms. The summed E-state index contributed by atoms with van der Waals surface area (Å²) in [6, 6.07) is 8.38. The zero-order chi connectivity index (χ0) is 19.2. The number of hydrogen-bond donors (Lipinski definition) is 2. The van der Waals surface area contributed by atoms with Crippen LogP contribution in [-0.2, 0) is 0 Å². The molecule has 0 saturated heterocycles. The Hall–Kier alpha value is -3.95. The Kier molecular flexibility index (Phi) is 5.26. The molecule has 1 aromatic carbocycles. The van der Waals surface area contributed by atoms with Crippen molar-refractivity contribution in [2.24, 2.45) is 0 Å². The van der Waals surface area contributed by atoms with Gasteiger partial charge in [0.1, 0.15) is 17.8 Å². The van der Waals surface area contributed by atoms with E-state index in [0.29, 0.717) is 22.9 Å². The fourth-order valence-corrected chi connectivity index (χ4v) is 2.34. The van der Waals surface area contributed by atoms with E-state index in [1.165, 1.54) is 20.5 Å². The number of rotatable bonds is 7. The molecule has 2 aromatic heterocycles. The average Bonchev–Trinajstić information content (AvgIpc) is 2.69. The van der Waals surface area contributed by atoms with Gasteiger partial charge in [-0.1, -0.05) is 0 Å². The van der Waals surface area contributed by atoms with Crippen LogP contribution in [0, 0.1) is 10.1 Å². The van der Waals surface area contributed by atoms with Crippen molar-refractivity contribution in [1.29, 1.82) is 0 Å². The highest BCUT2D eigenvalue weighted by Crippen LogP contribution is 2.36. The molecule has 0 radical (unpaired) electrons. The number of methoxy groups -OCH3 is 2. The molecule has 138 valence electrons. The van der Waals surface area contributed by atoms with Gasteiger partial charge in [-0.05, 0) is 24.3 Å². The molecule has 0 atom stereocenters. The molecule has 10 nitrogen and oxygen atoms in total. The predicted octanol–water partition coefficient (Wildman–Crippen LogP) is 3.28. The van der Waals surface area contributed by atoms with Gasteiger partial charge in [-0.15, -0.1) is 0 Å². The third kappa shape index (κ3) is 4.00. The Morgan fingerprint density at radius 1 is 1.00 bits per heavy atom. The SMILES string of the molecule is COc1ccc(Nc2ncnc(Nc3ccncc3)c2[N+](=O)[O-])c(OC)c1. The lowest BCUT2D eigenvalue weighted by atomic mass is 10.2. The van der Waals surface area contributed by atoms with Gasteiger partial charge in [0, 0.05) is 24.1 Å². The van der Waals surface area contributed by atoms with Crippen LogP contribution in [0.4, 0.5) is 28.7 Å². The number of benzene rings is 1. The fourth-order valence-electron chi connectivity index (χ4n) is 2.34. The summed E-state index contributed by atoms with van der Waals surface area (Å²) in [5, 5.41) is 17.5. The van der Waals surface area contributed by atoms with Crippen LogP contribution in [-0.4, -0.2) is 34.1 Å². The van der Waals surface area contributed by atoms with E-state index >= 15 is 0 Å². The highest BCUT2D eigenvalue weighted by atomic mass is 16.6. The Morgan fingerprint density at radius 3 is 2.33 bits per heavy atom. The quantitative estimate of drug-likeness (QED) is 0.477. The van der Waals surface area contributed by atoms with Crippen molar-refractivity contribution in [2.75, 3.05) is 24.9 Å². The molecule has 0 saturated carbocycles. The van der Waals surface area contributed by atoms with Gasteiger partial charge in [0.05, 0.1) is 24.8 Å². The van der Waals surface area contributed by atoms with E-state index in [9.17, 15) is 10.1 Å². The standard InChI is InChI=1S/C17H16N6O4/c1-26-12-3-4-13(14(9-12)27-2)22-17-15(23(24)25)16(19-10-20-17)21-11-5-7-18-8-6-11/h3-10H,1-2H3,(H2,18,19,20,21,22). The number of hydrogen-bond acceptors (Lipinski definition) is 9. The summed E-state index contributed by atoms with van der Waals surface area (Å²) in [5.74, 6) is 1.12. The Labute approximate surface area is 154 Å². The lowest BCUT2D eigenvalue weighted by molar-refractivity contribution is -0.383. The van der Waals surface area contributed by atoms with Crippen molar-refractivity contribution >= 4 is 28.7 Å². The number of anilines is 4. The molecule has 2 heterocycles. The molecular weight excluding hydrogens is 352 g/mol. The Bertz CT molecular complexity index is 951. The Morgan fingerprint density at radius 2 is 1.70 bits per heavy atom. The average molecular weight is 368 g/mol. The van der Waals surface area contributed by atoms with Crippen LogP contribution in [0.2, 0.25) is 0 Å². The number of ether oxygens (including phenoxy) is 2. The number of pyridine rings is 1. The van der Waals surface area contributed by atoms with Gasteiger partial charge in [-0.25, -0.2) is 9.97 Å². The zero-order valence-electron chi connectivity index (χ0n) is 14.5. The van der Waals surface area contributed by atoms with Gasteiger partial charge >= 0.3 is 5.69 Å². The Balaban J connectivity index is 1.99. The predicted molar refractivity (Wildman–Crippen MR) is 99.0 cm³/mol. The van der Waals surface area contributed by atoms with Crippen molar-refractivity contribution in [3.05, 3.63) is 59.2 Å². The molecule has 0 aliphatic heterocycles. The second-order valence-corrected chi connectivity index (χ2v) is 5.23. The van der Waals surface area contributed by atoms with E-state index < -0.39 is 4.92 Å². The summed E-state index contributed by atoms with van der Waals surface area (Å²) >= 11 is 0. The van der Waals surface area contributed by atoms with Crippen LogP contribution >= 0.6 is 0 Å². The fraction of sp³-hybridized carbons (Fsp3) is 0.118. The third-order valence-electron chi connectivity index (χ3n) is 3.61. The molecule has 0 aliphatic carbocycles. The van der Waals surface area contributed by atoms with Crippen molar-refractivity contribution in [1.82, 2.24) is 15.0 Å². The van der Waals surface area contributed by atoms with Gasteiger partial charge in [-0.2, -0.15) is 0 Å². The highest BCUT2D eigenvalue weighted by molar-refractivity contribution is 5.78. The minimum atomic E-state index is -0.554. The summed E-state index contributed by atoms with van der Waals surface area (Å²) in [6.45, 7) is 0. The molecule has 0 spiro atoms. The van der Waals surface area contributed by atoms with Gasteiger partial charge in [-0.3, -0.25) is 15.1 Å². The normalized spacial score (nSPS) is 10.1. The van der Waals surface area contributed by atoms with E-state index in [2.05, 4.69) is 25.6 Å².